The van der Waals surface area contributed by atoms with Gasteiger partial charge in [0.15, 0.2) is 11.0 Å². The number of ether oxygens (including phenoxy) is 1. The molecule has 3 rings (SSSR count). The standard InChI is InChI=1S/C15H15ClN2O3/c16-14-6-5-13(21-14)15(19)17-11-1-3-12(4-2-11)18-7-9-20-10-8-18/h1-6H,7-10H2,(H,17,19). The van der Waals surface area contributed by atoms with Gasteiger partial charge in [0.25, 0.3) is 5.91 Å². The maximum absolute atomic E-state index is 11.9. The van der Waals surface area contributed by atoms with Gasteiger partial charge in [0, 0.05) is 24.5 Å². The van der Waals surface area contributed by atoms with Gasteiger partial charge in [-0.1, -0.05) is 0 Å². The summed E-state index contributed by atoms with van der Waals surface area (Å²) in [6.45, 7) is 3.27. The van der Waals surface area contributed by atoms with Crippen molar-refractivity contribution in [3.63, 3.8) is 0 Å². The van der Waals surface area contributed by atoms with E-state index < -0.39 is 0 Å². The summed E-state index contributed by atoms with van der Waals surface area (Å²) < 4.78 is 10.4. The minimum Gasteiger partial charge on any atom is -0.440 e. The van der Waals surface area contributed by atoms with Gasteiger partial charge in [-0.3, -0.25) is 4.79 Å². The summed E-state index contributed by atoms with van der Waals surface area (Å²) in [6.07, 6.45) is 0. The predicted molar refractivity (Wildman–Crippen MR) is 81.1 cm³/mol. The molecule has 2 heterocycles. The lowest BCUT2D eigenvalue weighted by Gasteiger charge is -2.28. The Balaban J connectivity index is 1.65. The summed E-state index contributed by atoms with van der Waals surface area (Å²) in [4.78, 5) is 14.2. The molecule has 0 saturated carbocycles. The third-order valence-electron chi connectivity index (χ3n) is 3.30. The molecule has 6 heteroatoms. The molecule has 1 aromatic heterocycles. The molecule has 1 saturated heterocycles. The van der Waals surface area contributed by atoms with E-state index in [1.54, 1.807) is 6.07 Å². The maximum Gasteiger partial charge on any atom is 0.291 e. The molecule has 110 valence electrons. The van der Waals surface area contributed by atoms with Crippen LogP contribution >= 0.6 is 11.6 Å². The number of morpholine rings is 1. The van der Waals surface area contributed by atoms with E-state index in [0.717, 1.165) is 32.0 Å². The van der Waals surface area contributed by atoms with Crippen molar-refractivity contribution in [2.45, 2.75) is 0 Å². The van der Waals surface area contributed by atoms with E-state index in [0.29, 0.717) is 5.69 Å². The van der Waals surface area contributed by atoms with Gasteiger partial charge in [-0.15, -0.1) is 0 Å². The summed E-state index contributed by atoms with van der Waals surface area (Å²) in [7, 11) is 0. The lowest BCUT2D eigenvalue weighted by molar-refractivity contribution is 0.0997. The van der Waals surface area contributed by atoms with E-state index in [4.69, 9.17) is 20.8 Å². The van der Waals surface area contributed by atoms with Crippen LogP contribution in [0.3, 0.4) is 0 Å². The number of benzene rings is 1. The van der Waals surface area contributed by atoms with Crippen molar-refractivity contribution < 1.29 is 13.9 Å². The van der Waals surface area contributed by atoms with Crippen LogP contribution in [0, 0.1) is 0 Å². The van der Waals surface area contributed by atoms with Crippen molar-refractivity contribution >= 4 is 28.9 Å². The average Bonchev–Trinajstić information content (AvgIpc) is 2.96. The van der Waals surface area contributed by atoms with Crippen molar-refractivity contribution in [3.8, 4) is 0 Å². The molecule has 0 radical (unpaired) electrons. The van der Waals surface area contributed by atoms with Gasteiger partial charge in [-0.2, -0.15) is 0 Å². The van der Waals surface area contributed by atoms with Gasteiger partial charge >= 0.3 is 0 Å². The number of carbonyl (C=O) groups is 1. The number of rotatable bonds is 3. The second-order valence-corrected chi connectivity index (χ2v) is 5.08. The van der Waals surface area contributed by atoms with Crippen LogP contribution in [0.2, 0.25) is 5.22 Å². The Kier molecular flexibility index (Phi) is 4.13. The zero-order valence-corrected chi connectivity index (χ0v) is 12.1. The molecule has 0 unspecified atom stereocenters. The molecule has 0 aliphatic carbocycles. The highest BCUT2D eigenvalue weighted by Gasteiger charge is 2.13. The molecule has 1 amide bonds. The monoisotopic (exact) mass is 306 g/mol. The summed E-state index contributed by atoms with van der Waals surface area (Å²) in [6, 6.07) is 10.8. The highest BCUT2D eigenvalue weighted by atomic mass is 35.5. The Labute approximate surface area is 127 Å². The van der Waals surface area contributed by atoms with Gasteiger partial charge in [0.05, 0.1) is 13.2 Å². The van der Waals surface area contributed by atoms with Crippen LogP contribution in [0.15, 0.2) is 40.8 Å². The minimum atomic E-state index is -0.318. The zero-order valence-electron chi connectivity index (χ0n) is 11.3. The number of nitrogens with zero attached hydrogens (tertiary/aromatic N) is 1. The molecule has 1 aliphatic rings. The Bertz CT molecular complexity index is 618. The number of amides is 1. The zero-order chi connectivity index (χ0) is 14.7. The Morgan fingerprint density at radius 3 is 2.43 bits per heavy atom. The quantitative estimate of drug-likeness (QED) is 0.947. The van der Waals surface area contributed by atoms with Crippen molar-refractivity contribution in [1.29, 1.82) is 0 Å². The van der Waals surface area contributed by atoms with E-state index in [1.165, 1.54) is 6.07 Å². The molecule has 21 heavy (non-hydrogen) atoms. The number of hydrogen-bond donors (Lipinski definition) is 1. The SMILES string of the molecule is O=C(Nc1ccc(N2CCOCC2)cc1)c1ccc(Cl)o1. The van der Waals surface area contributed by atoms with Crippen LogP contribution in [0.5, 0.6) is 0 Å². The van der Waals surface area contributed by atoms with Gasteiger partial charge < -0.3 is 19.4 Å². The summed E-state index contributed by atoms with van der Waals surface area (Å²) in [5, 5.41) is 2.96. The third kappa shape index (κ3) is 3.37. The largest absolute Gasteiger partial charge is 0.440 e. The first-order valence-corrected chi connectivity index (χ1v) is 7.09. The van der Waals surface area contributed by atoms with E-state index in [1.807, 2.05) is 24.3 Å². The topological polar surface area (TPSA) is 54.7 Å². The van der Waals surface area contributed by atoms with E-state index >= 15 is 0 Å². The summed E-state index contributed by atoms with van der Waals surface area (Å²) >= 11 is 5.65. The van der Waals surface area contributed by atoms with Crippen LogP contribution in [0.1, 0.15) is 10.6 Å². The molecule has 1 aromatic carbocycles. The second kappa shape index (κ2) is 6.20. The number of halogens is 1. The molecule has 1 fully saturated rings. The van der Waals surface area contributed by atoms with Crippen molar-refractivity contribution in [2.24, 2.45) is 0 Å². The van der Waals surface area contributed by atoms with Crippen molar-refractivity contribution in [1.82, 2.24) is 0 Å². The number of nitrogens with one attached hydrogen (secondary N) is 1. The molecular weight excluding hydrogens is 292 g/mol. The highest BCUT2D eigenvalue weighted by Crippen LogP contribution is 2.20. The van der Waals surface area contributed by atoms with Crippen molar-refractivity contribution in [3.05, 3.63) is 47.4 Å². The fourth-order valence-corrected chi connectivity index (χ4v) is 2.35. The molecule has 1 N–H and O–H groups in total. The predicted octanol–water partition coefficient (Wildman–Crippen LogP) is 3.02. The lowest BCUT2D eigenvalue weighted by atomic mass is 10.2. The first-order valence-electron chi connectivity index (χ1n) is 6.72. The fraction of sp³-hybridized carbons (Fsp3) is 0.267. The van der Waals surface area contributed by atoms with Crippen LogP contribution in [-0.4, -0.2) is 32.2 Å². The molecule has 2 aromatic rings. The number of anilines is 2. The highest BCUT2D eigenvalue weighted by molar-refractivity contribution is 6.29. The summed E-state index contributed by atoms with van der Waals surface area (Å²) in [5.74, 6) is -0.127. The second-order valence-electron chi connectivity index (χ2n) is 4.70. The smallest absolute Gasteiger partial charge is 0.291 e. The van der Waals surface area contributed by atoms with Crippen LogP contribution in [-0.2, 0) is 4.74 Å². The van der Waals surface area contributed by atoms with Gasteiger partial charge in [-0.25, -0.2) is 0 Å². The van der Waals surface area contributed by atoms with E-state index in [-0.39, 0.29) is 16.9 Å². The average molecular weight is 307 g/mol. The summed E-state index contributed by atoms with van der Waals surface area (Å²) in [5.41, 5.74) is 1.84. The molecule has 1 aliphatic heterocycles. The number of carbonyl (C=O) groups excluding carboxylic acids is 1. The Morgan fingerprint density at radius 1 is 1.10 bits per heavy atom. The number of furan rings is 1. The third-order valence-corrected chi connectivity index (χ3v) is 3.50. The Hall–Kier alpha value is -1.98. The molecular formula is C15H15ClN2O3. The normalized spacial score (nSPS) is 15.0. The van der Waals surface area contributed by atoms with Gasteiger partial charge in [0.2, 0.25) is 0 Å². The molecule has 0 atom stereocenters. The van der Waals surface area contributed by atoms with Crippen molar-refractivity contribution in [2.75, 3.05) is 36.5 Å². The van der Waals surface area contributed by atoms with Crippen LogP contribution < -0.4 is 10.2 Å². The van der Waals surface area contributed by atoms with E-state index in [2.05, 4.69) is 10.2 Å². The van der Waals surface area contributed by atoms with E-state index in [9.17, 15) is 4.79 Å². The fourth-order valence-electron chi connectivity index (χ4n) is 2.21. The molecule has 0 bridgehead atoms. The minimum absolute atomic E-state index is 0.192. The maximum atomic E-state index is 11.9. The van der Waals surface area contributed by atoms with Crippen LogP contribution in [0.25, 0.3) is 0 Å². The number of hydrogen-bond acceptors (Lipinski definition) is 4. The lowest BCUT2D eigenvalue weighted by Crippen LogP contribution is -2.36. The molecule has 0 spiro atoms. The van der Waals surface area contributed by atoms with Gasteiger partial charge in [0.1, 0.15) is 0 Å². The van der Waals surface area contributed by atoms with Crippen LogP contribution in [0.4, 0.5) is 11.4 Å². The first-order chi connectivity index (χ1) is 10.2. The van der Waals surface area contributed by atoms with Gasteiger partial charge in [-0.05, 0) is 48.0 Å². The first kappa shape index (κ1) is 14.0. The Morgan fingerprint density at radius 2 is 1.81 bits per heavy atom. The molecule has 5 nitrogen and oxygen atoms in total.